The van der Waals surface area contributed by atoms with Crippen molar-refractivity contribution < 1.29 is 9.84 Å². The highest BCUT2D eigenvalue weighted by Crippen LogP contribution is 2.11. The van der Waals surface area contributed by atoms with Gasteiger partial charge in [-0.3, -0.25) is 4.90 Å². The Labute approximate surface area is 86.0 Å². The lowest BCUT2D eigenvalue weighted by Gasteiger charge is -2.37. The molecule has 0 saturated carbocycles. The molecular weight excluding hydrogens is 180 g/mol. The fraction of sp³-hybridized carbons (Fsp3) is 1.00. The number of β-amino-alcohol motifs (C(OH)–C–C–N with tert-alkyl or cyclic N) is 1. The van der Waals surface area contributed by atoms with Crippen LogP contribution >= 0.6 is 0 Å². The monoisotopic (exact) mass is 202 g/mol. The maximum absolute atomic E-state index is 9.68. The van der Waals surface area contributed by atoms with Gasteiger partial charge in [0.1, 0.15) is 0 Å². The molecule has 0 aromatic rings. The molecule has 1 aliphatic heterocycles. The van der Waals surface area contributed by atoms with E-state index in [1.165, 1.54) is 0 Å². The third kappa shape index (κ3) is 3.92. The Hall–Kier alpha value is -0.160. The fourth-order valence-electron chi connectivity index (χ4n) is 1.74. The van der Waals surface area contributed by atoms with Crippen molar-refractivity contribution in [2.24, 2.45) is 5.73 Å². The summed E-state index contributed by atoms with van der Waals surface area (Å²) in [6.07, 6.45) is 0.103. The summed E-state index contributed by atoms with van der Waals surface area (Å²) >= 11 is 0. The quantitative estimate of drug-likeness (QED) is 0.666. The lowest BCUT2D eigenvalue weighted by atomic mass is 10.1. The molecule has 1 heterocycles. The first kappa shape index (κ1) is 11.9. The first-order valence-corrected chi connectivity index (χ1v) is 5.20. The molecule has 0 amide bonds. The first-order valence-electron chi connectivity index (χ1n) is 5.20. The summed E-state index contributed by atoms with van der Waals surface area (Å²) in [5.74, 6) is 0. The van der Waals surface area contributed by atoms with E-state index in [0.717, 1.165) is 13.1 Å². The number of rotatable bonds is 3. The van der Waals surface area contributed by atoms with Crippen molar-refractivity contribution in [3.8, 4) is 0 Å². The van der Waals surface area contributed by atoms with Gasteiger partial charge in [-0.2, -0.15) is 0 Å². The zero-order valence-electron chi connectivity index (χ0n) is 9.36. The van der Waals surface area contributed by atoms with Gasteiger partial charge in [-0.05, 0) is 20.8 Å². The normalized spacial score (nSPS) is 27.6. The van der Waals surface area contributed by atoms with E-state index >= 15 is 0 Å². The molecule has 0 aliphatic carbocycles. The molecule has 4 heteroatoms. The van der Waals surface area contributed by atoms with Gasteiger partial charge in [-0.25, -0.2) is 0 Å². The minimum Gasteiger partial charge on any atom is -0.389 e. The average molecular weight is 202 g/mol. The van der Waals surface area contributed by atoms with Crippen LogP contribution in [0.5, 0.6) is 0 Å². The lowest BCUT2D eigenvalue weighted by molar-refractivity contribution is -0.0613. The van der Waals surface area contributed by atoms with Crippen molar-refractivity contribution in [1.82, 2.24) is 4.90 Å². The number of nitrogens with two attached hydrogens (primary N) is 1. The Morgan fingerprint density at radius 1 is 1.64 bits per heavy atom. The molecule has 1 fully saturated rings. The molecule has 2 unspecified atom stereocenters. The van der Waals surface area contributed by atoms with Crippen LogP contribution in [0.15, 0.2) is 0 Å². The number of aliphatic hydroxyl groups is 1. The molecule has 3 N–H and O–H groups in total. The number of hydrogen-bond donors (Lipinski definition) is 2. The molecule has 0 bridgehead atoms. The summed E-state index contributed by atoms with van der Waals surface area (Å²) in [7, 11) is 0. The van der Waals surface area contributed by atoms with E-state index in [1.54, 1.807) is 0 Å². The van der Waals surface area contributed by atoms with Crippen molar-refractivity contribution in [2.45, 2.75) is 38.5 Å². The van der Waals surface area contributed by atoms with Crippen LogP contribution in [0.2, 0.25) is 0 Å². The van der Waals surface area contributed by atoms with Crippen LogP contribution in [0.25, 0.3) is 0 Å². The minimum atomic E-state index is -0.639. The van der Waals surface area contributed by atoms with E-state index in [-0.39, 0.29) is 12.1 Å². The predicted octanol–water partition coefficient (Wildman–Crippen LogP) is -0.195. The van der Waals surface area contributed by atoms with Crippen molar-refractivity contribution in [3.05, 3.63) is 0 Å². The molecule has 0 aromatic heterocycles. The van der Waals surface area contributed by atoms with Gasteiger partial charge in [0.2, 0.25) is 0 Å². The molecule has 0 aromatic carbocycles. The Balaban J connectivity index is 2.40. The molecule has 2 atom stereocenters. The summed E-state index contributed by atoms with van der Waals surface area (Å²) in [5.41, 5.74) is 5.14. The summed E-state index contributed by atoms with van der Waals surface area (Å²) in [5, 5.41) is 9.68. The highest BCUT2D eigenvalue weighted by Gasteiger charge is 2.26. The Morgan fingerprint density at radius 3 is 2.79 bits per heavy atom. The van der Waals surface area contributed by atoms with Gasteiger partial charge in [0.05, 0.1) is 18.3 Å². The van der Waals surface area contributed by atoms with Gasteiger partial charge in [0, 0.05) is 25.7 Å². The van der Waals surface area contributed by atoms with Crippen LogP contribution in [-0.2, 0) is 4.74 Å². The van der Waals surface area contributed by atoms with Gasteiger partial charge in [0.15, 0.2) is 0 Å². The van der Waals surface area contributed by atoms with E-state index < -0.39 is 5.60 Å². The van der Waals surface area contributed by atoms with Crippen molar-refractivity contribution in [2.75, 3.05) is 26.2 Å². The van der Waals surface area contributed by atoms with E-state index in [0.29, 0.717) is 13.2 Å². The van der Waals surface area contributed by atoms with Crippen molar-refractivity contribution in [1.29, 1.82) is 0 Å². The molecule has 1 saturated heterocycles. The summed E-state index contributed by atoms with van der Waals surface area (Å²) in [4.78, 5) is 2.21. The zero-order valence-corrected chi connectivity index (χ0v) is 9.36. The second-order valence-corrected chi connectivity index (χ2v) is 4.82. The highest BCUT2D eigenvalue weighted by atomic mass is 16.5. The fourth-order valence-corrected chi connectivity index (χ4v) is 1.74. The maximum atomic E-state index is 9.68. The largest absolute Gasteiger partial charge is 0.389 e. The number of ether oxygens (including phenoxy) is 1. The van der Waals surface area contributed by atoms with Gasteiger partial charge < -0.3 is 15.6 Å². The lowest BCUT2D eigenvalue weighted by Crippen LogP contribution is -2.52. The molecule has 1 rings (SSSR count). The first-order chi connectivity index (χ1) is 6.38. The second-order valence-electron chi connectivity index (χ2n) is 4.82. The standard InChI is InChI=1S/C10H22N2O2/c1-8(11)9-6-12(4-5-14-9)7-10(2,3)13/h8-9,13H,4-7,11H2,1-3H3. The van der Waals surface area contributed by atoms with Crippen molar-refractivity contribution >= 4 is 0 Å². The summed E-state index contributed by atoms with van der Waals surface area (Å²) < 4.78 is 5.54. The predicted molar refractivity (Wildman–Crippen MR) is 56.1 cm³/mol. The van der Waals surface area contributed by atoms with Gasteiger partial charge in [0.25, 0.3) is 0 Å². The Kier molecular flexibility index (Phi) is 3.89. The molecule has 0 radical (unpaired) electrons. The van der Waals surface area contributed by atoms with E-state index in [1.807, 2.05) is 20.8 Å². The Morgan fingerprint density at radius 2 is 2.29 bits per heavy atom. The SMILES string of the molecule is CC(N)C1CN(CC(C)(C)O)CCO1. The summed E-state index contributed by atoms with van der Waals surface area (Å²) in [6, 6.07) is 0.0552. The molecule has 14 heavy (non-hydrogen) atoms. The molecule has 84 valence electrons. The van der Waals surface area contributed by atoms with E-state index in [2.05, 4.69) is 4.90 Å². The third-order valence-electron chi connectivity index (χ3n) is 2.37. The molecular formula is C10H22N2O2. The number of nitrogens with zero attached hydrogens (tertiary/aromatic N) is 1. The topological polar surface area (TPSA) is 58.7 Å². The van der Waals surface area contributed by atoms with Crippen LogP contribution in [0.3, 0.4) is 0 Å². The smallest absolute Gasteiger partial charge is 0.0850 e. The average Bonchev–Trinajstić information content (AvgIpc) is 2.01. The maximum Gasteiger partial charge on any atom is 0.0850 e. The van der Waals surface area contributed by atoms with Crippen LogP contribution in [0.1, 0.15) is 20.8 Å². The van der Waals surface area contributed by atoms with Crippen LogP contribution in [-0.4, -0.2) is 54.0 Å². The minimum absolute atomic E-state index is 0.0552. The second kappa shape index (κ2) is 4.57. The van der Waals surface area contributed by atoms with Gasteiger partial charge in [-0.15, -0.1) is 0 Å². The van der Waals surface area contributed by atoms with Crippen LogP contribution in [0, 0.1) is 0 Å². The third-order valence-corrected chi connectivity index (χ3v) is 2.37. The van der Waals surface area contributed by atoms with E-state index in [9.17, 15) is 5.11 Å². The summed E-state index contributed by atoms with van der Waals surface area (Å²) in [6.45, 7) is 8.70. The number of hydrogen-bond acceptors (Lipinski definition) is 4. The zero-order chi connectivity index (χ0) is 10.8. The van der Waals surface area contributed by atoms with Gasteiger partial charge >= 0.3 is 0 Å². The molecule has 0 spiro atoms. The van der Waals surface area contributed by atoms with Crippen LogP contribution < -0.4 is 5.73 Å². The van der Waals surface area contributed by atoms with E-state index in [4.69, 9.17) is 10.5 Å². The van der Waals surface area contributed by atoms with Crippen LogP contribution in [0.4, 0.5) is 0 Å². The van der Waals surface area contributed by atoms with Crippen molar-refractivity contribution in [3.63, 3.8) is 0 Å². The number of morpholine rings is 1. The molecule has 1 aliphatic rings. The Bertz CT molecular complexity index is 177. The molecule has 4 nitrogen and oxygen atoms in total. The van der Waals surface area contributed by atoms with Gasteiger partial charge in [-0.1, -0.05) is 0 Å². The highest BCUT2D eigenvalue weighted by molar-refractivity contribution is 4.81.